The van der Waals surface area contributed by atoms with Gasteiger partial charge in [-0.15, -0.1) is 0 Å². The molecule has 1 heterocycles. The minimum atomic E-state index is -0.221. The highest BCUT2D eigenvalue weighted by molar-refractivity contribution is 7.80. The summed E-state index contributed by atoms with van der Waals surface area (Å²) in [7, 11) is 1.47. The maximum absolute atomic E-state index is 12.7. The number of nitrogens with one attached hydrogen (secondary N) is 1. The summed E-state index contributed by atoms with van der Waals surface area (Å²) in [5.41, 5.74) is 2.81. The third-order valence-electron chi connectivity index (χ3n) is 3.75. The zero-order valence-electron chi connectivity index (χ0n) is 13.2. The van der Waals surface area contributed by atoms with Gasteiger partial charge in [0.1, 0.15) is 5.70 Å². The second-order valence-electron chi connectivity index (χ2n) is 5.35. The SMILES string of the molecule is COc1cc(/C=C2/NC(=S)N(c3ccccc3C)C2=O)ccc1O. The van der Waals surface area contributed by atoms with Crippen LogP contribution in [0.1, 0.15) is 11.1 Å². The number of nitrogens with zero attached hydrogens (tertiary/aromatic N) is 1. The molecule has 0 aliphatic carbocycles. The molecule has 0 aromatic heterocycles. The minimum absolute atomic E-state index is 0.0439. The maximum Gasteiger partial charge on any atom is 0.281 e. The molecule has 2 aromatic carbocycles. The van der Waals surface area contributed by atoms with Crippen LogP contribution in [0.3, 0.4) is 0 Å². The Morgan fingerprint density at radius 3 is 2.71 bits per heavy atom. The average molecular weight is 340 g/mol. The van der Waals surface area contributed by atoms with Crippen LogP contribution in [0.5, 0.6) is 11.5 Å². The molecule has 0 atom stereocenters. The molecule has 1 amide bonds. The molecule has 0 saturated carbocycles. The molecular formula is C18H16N2O3S. The van der Waals surface area contributed by atoms with E-state index < -0.39 is 0 Å². The van der Waals surface area contributed by atoms with Gasteiger partial charge in [0.25, 0.3) is 5.91 Å². The predicted molar refractivity (Wildman–Crippen MR) is 97.0 cm³/mol. The van der Waals surface area contributed by atoms with Gasteiger partial charge in [0.15, 0.2) is 16.6 Å². The van der Waals surface area contributed by atoms with E-state index in [1.54, 1.807) is 18.2 Å². The number of carbonyl (C=O) groups is 1. The van der Waals surface area contributed by atoms with E-state index in [-0.39, 0.29) is 11.7 Å². The van der Waals surface area contributed by atoms with E-state index in [4.69, 9.17) is 17.0 Å². The van der Waals surface area contributed by atoms with E-state index in [2.05, 4.69) is 5.32 Å². The number of rotatable bonds is 3. The molecule has 0 radical (unpaired) electrons. The lowest BCUT2D eigenvalue weighted by Gasteiger charge is -2.16. The van der Waals surface area contributed by atoms with Gasteiger partial charge in [0, 0.05) is 0 Å². The number of phenols is 1. The number of para-hydroxylation sites is 1. The van der Waals surface area contributed by atoms with Gasteiger partial charge in [0.05, 0.1) is 12.8 Å². The van der Waals surface area contributed by atoms with Gasteiger partial charge in [-0.25, -0.2) is 0 Å². The Morgan fingerprint density at radius 2 is 2.00 bits per heavy atom. The molecule has 6 heteroatoms. The molecule has 2 N–H and O–H groups in total. The van der Waals surface area contributed by atoms with Gasteiger partial charge in [-0.2, -0.15) is 0 Å². The summed E-state index contributed by atoms with van der Waals surface area (Å²) < 4.78 is 5.08. The van der Waals surface area contributed by atoms with Crippen molar-refractivity contribution in [2.75, 3.05) is 12.0 Å². The van der Waals surface area contributed by atoms with E-state index in [1.807, 2.05) is 31.2 Å². The molecule has 0 spiro atoms. The highest BCUT2D eigenvalue weighted by atomic mass is 32.1. The number of amides is 1. The number of aryl methyl sites for hydroxylation is 1. The van der Waals surface area contributed by atoms with Crippen molar-refractivity contribution in [3.8, 4) is 11.5 Å². The first kappa shape index (κ1) is 16.0. The number of carbonyl (C=O) groups excluding carboxylic acids is 1. The summed E-state index contributed by atoms with van der Waals surface area (Å²) in [5, 5.41) is 12.9. The van der Waals surface area contributed by atoms with E-state index in [9.17, 15) is 9.90 Å². The van der Waals surface area contributed by atoms with Crippen LogP contribution in [-0.4, -0.2) is 23.2 Å². The Kier molecular flexibility index (Phi) is 4.22. The molecule has 1 saturated heterocycles. The van der Waals surface area contributed by atoms with Gasteiger partial charge >= 0.3 is 0 Å². The molecule has 1 fully saturated rings. The molecule has 5 nitrogen and oxygen atoms in total. The molecule has 3 rings (SSSR count). The predicted octanol–water partition coefficient (Wildman–Crippen LogP) is 2.97. The number of ether oxygens (including phenoxy) is 1. The first-order valence-electron chi connectivity index (χ1n) is 7.31. The number of hydrogen-bond acceptors (Lipinski definition) is 4. The fourth-order valence-corrected chi connectivity index (χ4v) is 2.81. The van der Waals surface area contributed by atoms with Crippen molar-refractivity contribution in [3.05, 3.63) is 59.3 Å². The average Bonchev–Trinajstić information content (AvgIpc) is 2.84. The monoisotopic (exact) mass is 340 g/mol. The number of methoxy groups -OCH3 is 1. The Balaban J connectivity index is 1.96. The summed E-state index contributed by atoms with van der Waals surface area (Å²) >= 11 is 5.31. The Labute approximate surface area is 145 Å². The number of aromatic hydroxyl groups is 1. The number of benzene rings is 2. The number of thiocarbonyl (C=S) groups is 1. The van der Waals surface area contributed by atoms with Crippen molar-refractivity contribution in [3.63, 3.8) is 0 Å². The Bertz CT molecular complexity index is 861. The minimum Gasteiger partial charge on any atom is -0.504 e. The highest BCUT2D eigenvalue weighted by Crippen LogP contribution is 2.29. The molecule has 0 unspecified atom stereocenters. The van der Waals surface area contributed by atoms with Crippen molar-refractivity contribution < 1.29 is 14.6 Å². The van der Waals surface area contributed by atoms with E-state index in [1.165, 1.54) is 18.1 Å². The zero-order chi connectivity index (χ0) is 17.3. The molecule has 2 aromatic rings. The summed E-state index contributed by atoms with van der Waals surface area (Å²) in [4.78, 5) is 14.2. The number of phenolic OH excluding ortho intramolecular Hbond substituents is 1. The second-order valence-corrected chi connectivity index (χ2v) is 5.73. The van der Waals surface area contributed by atoms with Crippen LogP contribution < -0.4 is 15.0 Å². The molecule has 1 aliphatic heterocycles. The lowest BCUT2D eigenvalue weighted by atomic mass is 10.1. The van der Waals surface area contributed by atoms with Crippen molar-refractivity contribution >= 4 is 35.0 Å². The zero-order valence-corrected chi connectivity index (χ0v) is 14.1. The standard InChI is InChI=1S/C18H16N2O3S/c1-11-5-3-4-6-14(11)20-17(22)13(19-18(20)24)9-12-7-8-15(21)16(10-12)23-2/h3-10,21H,1-2H3,(H,19,24)/b13-9+. The summed E-state index contributed by atoms with van der Waals surface area (Å²) in [6.07, 6.45) is 1.68. The van der Waals surface area contributed by atoms with Gasteiger partial charge in [-0.3, -0.25) is 9.69 Å². The summed E-state index contributed by atoms with van der Waals surface area (Å²) in [6, 6.07) is 12.4. The van der Waals surface area contributed by atoms with Crippen LogP contribution >= 0.6 is 12.2 Å². The normalized spacial score (nSPS) is 15.8. The van der Waals surface area contributed by atoms with Gasteiger partial charge in [-0.05, 0) is 54.5 Å². The highest BCUT2D eigenvalue weighted by Gasteiger charge is 2.32. The van der Waals surface area contributed by atoms with Crippen LogP contribution in [0.2, 0.25) is 0 Å². The Hall–Kier alpha value is -2.86. The van der Waals surface area contributed by atoms with Gasteiger partial charge in [0.2, 0.25) is 0 Å². The van der Waals surface area contributed by atoms with Crippen molar-refractivity contribution in [2.24, 2.45) is 0 Å². The van der Waals surface area contributed by atoms with E-state index in [0.29, 0.717) is 16.6 Å². The maximum atomic E-state index is 12.7. The smallest absolute Gasteiger partial charge is 0.281 e. The molecule has 122 valence electrons. The third-order valence-corrected chi connectivity index (χ3v) is 4.03. The third kappa shape index (κ3) is 2.83. The lowest BCUT2D eigenvalue weighted by Crippen LogP contribution is -2.30. The molecule has 24 heavy (non-hydrogen) atoms. The van der Waals surface area contributed by atoms with Crippen LogP contribution in [0.25, 0.3) is 6.08 Å². The van der Waals surface area contributed by atoms with Gasteiger partial charge in [-0.1, -0.05) is 24.3 Å². The topological polar surface area (TPSA) is 61.8 Å². The van der Waals surface area contributed by atoms with Crippen LogP contribution in [-0.2, 0) is 4.79 Å². The molecular weight excluding hydrogens is 324 g/mol. The van der Waals surface area contributed by atoms with E-state index in [0.717, 1.165) is 16.8 Å². The number of anilines is 1. The first-order valence-corrected chi connectivity index (χ1v) is 7.72. The molecule has 1 aliphatic rings. The quantitative estimate of drug-likeness (QED) is 0.664. The van der Waals surface area contributed by atoms with Crippen molar-refractivity contribution in [2.45, 2.75) is 6.92 Å². The van der Waals surface area contributed by atoms with E-state index >= 15 is 0 Å². The lowest BCUT2D eigenvalue weighted by molar-refractivity contribution is -0.113. The Morgan fingerprint density at radius 1 is 1.25 bits per heavy atom. The van der Waals surface area contributed by atoms with Crippen molar-refractivity contribution in [1.29, 1.82) is 0 Å². The number of hydrogen-bond donors (Lipinski definition) is 2. The summed E-state index contributed by atoms with van der Waals surface area (Å²) in [6.45, 7) is 1.93. The first-order chi connectivity index (χ1) is 11.5. The summed E-state index contributed by atoms with van der Waals surface area (Å²) in [5.74, 6) is 0.164. The molecule has 0 bridgehead atoms. The van der Waals surface area contributed by atoms with Gasteiger partial charge < -0.3 is 15.2 Å². The van der Waals surface area contributed by atoms with Crippen LogP contribution in [0, 0.1) is 6.92 Å². The second kappa shape index (κ2) is 6.33. The largest absolute Gasteiger partial charge is 0.504 e. The fraction of sp³-hybridized carbons (Fsp3) is 0.111. The fourth-order valence-electron chi connectivity index (χ4n) is 2.52. The van der Waals surface area contributed by atoms with Crippen molar-refractivity contribution in [1.82, 2.24) is 5.32 Å². The van der Waals surface area contributed by atoms with Crippen LogP contribution in [0.15, 0.2) is 48.2 Å². The van der Waals surface area contributed by atoms with Crippen LogP contribution in [0.4, 0.5) is 5.69 Å².